The van der Waals surface area contributed by atoms with Gasteiger partial charge in [-0.05, 0) is 54.8 Å². The molecule has 3 aromatic rings. The second kappa shape index (κ2) is 9.96. The molecule has 10 heteroatoms. The molecule has 0 saturated heterocycles. The lowest BCUT2D eigenvalue weighted by Crippen LogP contribution is -2.35. The lowest BCUT2D eigenvalue weighted by Gasteiger charge is -2.34. The van der Waals surface area contributed by atoms with Crippen LogP contribution in [0.1, 0.15) is 59.4 Å². The first-order valence-corrected chi connectivity index (χ1v) is 11.1. The normalized spacial score (nSPS) is 16.1. The lowest BCUT2D eigenvalue weighted by molar-refractivity contribution is -0.0188. The van der Waals surface area contributed by atoms with Crippen LogP contribution in [0, 0.1) is 13.8 Å². The van der Waals surface area contributed by atoms with E-state index in [-0.39, 0.29) is 62.9 Å². The van der Waals surface area contributed by atoms with Crippen molar-refractivity contribution in [2.24, 2.45) is 4.99 Å². The number of fused-ring (bicyclic) bond motifs is 1. The zero-order valence-electron chi connectivity index (χ0n) is 19.7. The van der Waals surface area contributed by atoms with E-state index in [1.165, 1.54) is 36.4 Å². The van der Waals surface area contributed by atoms with E-state index in [4.69, 9.17) is 9.47 Å². The quantitative estimate of drug-likeness (QED) is 0.196. The summed E-state index contributed by atoms with van der Waals surface area (Å²) in [5.74, 6) is -1.12. The average molecular weight is 503 g/mol. The third kappa shape index (κ3) is 4.78. The van der Waals surface area contributed by atoms with Gasteiger partial charge in [0.15, 0.2) is 18.7 Å². The van der Waals surface area contributed by atoms with Crippen molar-refractivity contribution in [1.29, 1.82) is 0 Å². The fourth-order valence-electron chi connectivity index (χ4n) is 4.33. The zero-order chi connectivity index (χ0) is 26.9. The maximum Gasteiger partial charge on any atom is 0.338 e. The van der Waals surface area contributed by atoms with E-state index in [9.17, 15) is 34.5 Å². The van der Waals surface area contributed by atoms with Crippen LogP contribution in [0.15, 0.2) is 41.4 Å². The molecule has 1 aliphatic rings. The number of aldehydes is 2. The van der Waals surface area contributed by atoms with Crippen LogP contribution in [0.25, 0.3) is 0 Å². The summed E-state index contributed by atoms with van der Waals surface area (Å²) in [4.78, 5) is 50.8. The van der Waals surface area contributed by atoms with E-state index < -0.39 is 18.2 Å². The predicted octanol–water partition coefficient (Wildman–Crippen LogP) is 3.91. The monoisotopic (exact) mass is 503 g/mol. The average Bonchev–Trinajstić information content (AvgIpc) is 2.86. The number of phenolic OH excluding ortho intramolecular Hbond substituents is 3. The highest BCUT2D eigenvalue weighted by molar-refractivity contribution is 5.96. The van der Waals surface area contributed by atoms with Crippen LogP contribution in [0.3, 0.4) is 0 Å². The number of benzene rings is 3. The number of phenols is 3. The summed E-state index contributed by atoms with van der Waals surface area (Å²) in [6.07, 6.45) is -0.0497. The van der Waals surface area contributed by atoms with Gasteiger partial charge in [0.25, 0.3) is 0 Å². The van der Waals surface area contributed by atoms with Gasteiger partial charge in [0.2, 0.25) is 6.08 Å². The van der Waals surface area contributed by atoms with Gasteiger partial charge in [-0.3, -0.25) is 9.59 Å². The third-order valence-electron chi connectivity index (χ3n) is 6.10. The number of hydrogen-bond acceptors (Lipinski definition) is 10. The minimum absolute atomic E-state index is 0.0357. The Morgan fingerprint density at radius 3 is 2.38 bits per heavy atom. The minimum Gasteiger partial charge on any atom is -0.508 e. The molecule has 1 aliphatic heterocycles. The van der Waals surface area contributed by atoms with E-state index >= 15 is 0 Å². The molecule has 37 heavy (non-hydrogen) atoms. The second-order valence-electron chi connectivity index (χ2n) is 8.57. The van der Waals surface area contributed by atoms with Gasteiger partial charge in [-0.1, -0.05) is 0 Å². The van der Waals surface area contributed by atoms with Crippen LogP contribution in [0.5, 0.6) is 23.0 Å². The van der Waals surface area contributed by atoms with Gasteiger partial charge in [-0.15, -0.1) is 0 Å². The molecule has 0 bridgehead atoms. The standard InChI is InChI=1S/C27H21NO9/c1-13-3-16(4-14(2)25(13)34)27(35)37-24-9-19-22(33)7-18(32)8-23(19)36-26(24)15-5-17(10-29)20(11-30)21(6-15)28-12-31/h3-8,10-11,24,26,32-34H,9H2,1-2H3/t24-,26-/m1/s1. The maximum absolute atomic E-state index is 13.1. The number of hydrogen-bond donors (Lipinski definition) is 3. The molecule has 4 rings (SSSR count). The van der Waals surface area contributed by atoms with E-state index in [2.05, 4.69) is 4.99 Å². The van der Waals surface area contributed by atoms with Crippen molar-refractivity contribution in [2.45, 2.75) is 32.5 Å². The number of nitrogens with zero attached hydrogens (tertiary/aromatic N) is 1. The van der Waals surface area contributed by atoms with E-state index in [1.807, 2.05) is 0 Å². The van der Waals surface area contributed by atoms with Crippen LogP contribution < -0.4 is 4.74 Å². The fourth-order valence-corrected chi connectivity index (χ4v) is 4.33. The van der Waals surface area contributed by atoms with E-state index in [0.717, 1.165) is 6.07 Å². The largest absolute Gasteiger partial charge is 0.508 e. The number of esters is 1. The minimum atomic E-state index is -1.09. The first-order valence-electron chi connectivity index (χ1n) is 11.1. The first-order chi connectivity index (χ1) is 17.7. The molecule has 1 heterocycles. The number of rotatable bonds is 6. The molecule has 0 unspecified atom stereocenters. The van der Waals surface area contributed by atoms with Gasteiger partial charge in [0.05, 0.1) is 16.8 Å². The highest BCUT2D eigenvalue weighted by atomic mass is 16.6. The summed E-state index contributed by atoms with van der Waals surface area (Å²) in [6.45, 7) is 3.27. The Hall–Kier alpha value is -4.95. The molecule has 0 spiro atoms. The fraction of sp³-hybridized carbons (Fsp3) is 0.185. The zero-order valence-corrected chi connectivity index (χ0v) is 19.7. The number of aromatic hydroxyl groups is 3. The van der Waals surface area contributed by atoms with Crippen molar-refractivity contribution in [3.05, 3.63) is 75.3 Å². The molecular formula is C27H21NO9. The molecule has 0 aromatic heterocycles. The summed E-state index contributed by atoms with van der Waals surface area (Å²) in [5, 5.41) is 30.4. The van der Waals surface area contributed by atoms with Gasteiger partial charge in [0, 0.05) is 29.7 Å². The first kappa shape index (κ1) is 25.2. The van der Waals surface area contributed by atoms with E-state index in [1.54, 1.807) is 13.8 Å². The SMILES string of the molecule is Cc1cc(C(=O)O[C@@H]2Cc3c(O)cc(O)cc3O[C@@H]2c2cc(C=O)c(C=O)c(N=C=O)c2)cc(C)c1O. The second-order valence-corrected chi connectivity index (χ2v) is 8.57. The van der Waals surface area contributed by atoms with Crippen LogP contribution in [-0.2, 0) is 16.0 Å². The summed E-state index contributed by atoms with van der Waals surface area (Å²) in [7, 11) is 0. The van der Waals surface area contributed by atoms with Crippen molar-refractivity contribution in [3.63, 3.8) is 0 Å². The number of aliphatic imine (C=N–C) groups is 1. The molecule has 0 aliphatic carbocycles. The van der Waals surface area contributed by atoms with Crippen LogP contribution in [0.2, 0.25) is 0 Å². The van der Waals surface area contributed by atoms with Crippen molar-refractivity contribution >= 4 is 30.3 Å². The Balaban J connectivity index is 1.82. The number of carbonyl (C=O) groups excluding carboxylic acids is 4. The van der Waals surface area contributed by atoms with Crippen molar-refractivity contribution in [3.8, 4) is 23.0 Å². The van der Waals surface area contributed by atoms with Crippen LogP contribution in [0.4, 0.5) is 5.69 Å². The molecule has 0 amide bonds. The Morgan fingerprint density at radius 1 is 1.05 bits per heavy atom. The van der Waals surface area contributed by atoms with Gasteiger partial charge >= 0.3 is 5.97 Å². The molecule has 188 valence electrons. The van der Waals surface area contributed by atoms with E-state index in [0.29, 0.717) is 23.7 Å². The topological polar surface area (TPSA) is 160 Å². The van der Waals surface area contributed by atoms with Gasteiger partial charge in [0.1, 0.15) is 29.1 Å². The molecule has 0 radical (unpaired) electrons. The molecule has 0 saturated carbocycles. The Morgan fingerprint density at radius 2 is 1.76 bits per heavy atom. The van der Waals surface area contributed by atoms with Gasteiger partial charge in [-0.2, -0.15) is 4.99 Å². The maximum atomic E-state index is 13.1. The molecule has 10 nitrogen and oxygen atoms in total. The molecule has 0 fully saturated rings. The highest BCUT2D eigenvalue weighted by Crippen LogP contribution is 2.44. The summed E-state index contributed by atoms with van der Waals surface area (Å²) in [6, 6.07) is 8.00. The lowest BCUT2D eigenvalue weighted by atomic mass is 9.91. The van der Waals surface area contributed by atoms with Gasteiger partial charge in [-0.25, -0.2) is 9.59 Å². The molecule has 3 N–H and O–H groups in total. The number of aryl methyl sites for hydroxylation is 2. The third-order valence-corrected chi connectivity index (χ3v) is 6.10. The summed E-state index contributed by atoms with van der Waals surface area (Å²) < 4.78 is 11.8. The van der Waals surface area contributed by atoms with Gasteiger partial charge < -0.3 is 24.8 Å². The molecule has 3 aromatic carbocycles. The summed E-state index contributed by atoms with van der Waals surface area (Å²) in [5.41, 5.74) is 1.29. The van der Waals surface area contributed by atoms with Crippen LogP contribution in [-0.4, -0.2) is 46.0 Å². The summed E-state index contributed by atoms with van der Waals surface area (Å²) >= 11 is 0. The smallest absolute Gasteiger partial charge is 0.338 e. The molecular weight excluding hydrogens is 482 g/mol. The van der Waals surface area contributed by atoms with Crippen molar-refractivity contribution in [1.82, 2.24) is 0 Å². The Bertz CT molecular complexity index is 1460. The number of carbonyl (C=O) groups is 3. The Labute approximate surface area is 210 Å². The van der Waals surface area contributed by atoms with Crippen LogP contribution >= 0.6 is 0 Å². The van der Waals surface area contributed by atoms with Crippen molar-refractivity contribution in [2.75, 3.05) is 0 Å². The highest BCUT2D eigenvalue weighted by Gasteiger charge is 2.37. The van der Waals surface area contributed by atoms with Crippen molar-refractivity contribution < 1.29 is 44.0 Å². The Kier molecular flexibility index (Phi) is 6.77. The predicted molar refractivity (Wildman–Crippen MR) is 129 cm³/mol. The number of ether oxygens (including phenoxy) is 2. The number of isocyanates is 1. The molecule has 2 atom stereocenters.